The van der Waals surface area contributed by atoms with Crippen LogP contribution in [0.25, 0.3) is 0 Å². The van der Waals surface area contributed by atoms with Crippen LogP contribution < -0.4 is 10.6 Å². The van der Waals surface area contributed by atoms with E-state index in [1.54, 1.807) is 4.90 Å². The van der Waals surface area contributed by atoms with Crippen LogP contribution in [-0.2, 0) is 4.79 Å². The van der Waals surface area contributed by atoms with E-state index in [0.717, 1.165) is 44.7 Å². The molecule has 2 heterocycles. The molecule has 3 rings (SSSR count). The number of nitrogens with one attached hydrogen (secondary N) is 2. The van der Waals surface area contributed by atoms with Gasteiger partial charge < -0.3 is 15.5 Å². The SMILES string of the molecule is Cl.O=C(NCC(=O)N1CCC(N2CCNCC2)C1)c1ccc(F)cc1F. The van der Waals surface area contributed by atoms with Gasteiger partial charge in [-0.1, -0.05) is 0 Å². The Morgan fingerprint density at radius 1 is 1.19 bits per heavy atom. The molecule has 0 bridgehead atoms. The standard InChI is InChI=1S/C17H22F2N4O2.ClH/c18-12-1-2-14(15(19)9-12)17(25)21-10-16(24)23-6-3-13(11-23)22-7-4-20-5-8-22;/h1-2,9,13,20H,3-8,10-11H2,(H,21,25);1H. The van der Waals surface area contributed by atoms with Crippen molar-refractivity contribution in [2.75, 3.05) is 45.8 Å². The van der Waals surface area contributed by atoms with Crippen LogP contribution >= 0.6 is 12.4 Å². The van der Waals surface area contributed by atoms with Gasteiger partial charge in [0.2, 0.25) is 5.91 Å². The Labute approximate surface area is 157 Å². The number of rotatable bonds is 4. The van der Waals surface area contributed by atoms with Crippen LogP contribution in [0.3, 0.4) is 0 Å². The number of carbonyl (C=O) groups excluding carboxylic acids is 2. The summed E-state index contributed by atoms with van der Waals surface area (Å²) in [5, 5.41) is 5.72. The normalized spacial score (nSPS) is 20.5. The second kappa shape index (κ2) is 9.25. The summed E-state index contributed by atoms with van der Waals surface area (Å²) in [5.74, 6) is -2.59. The minimum absolute atomic E-state index is 0. The van der Waals surface area contributed by atoms with Gasteiger partial charge in [0.25, 0.3) is 5.91 Å². The molecule has 0 saturated carbocycles. The van der Waals surface area contributed by atoms with Gasteiger partial charge in [-0.3, -0.25) is 14.5 Å². The highest BCUT2D eigenvalue weighted by Gasteiger charge is 2.30. The molecule has 0 spiro atoms. The third-order valence-electron chi connectivity index (χ3n) is 4.76. The zero-order valence-electron chi connectivity index (χ0n) is 14.3. The molecule has 9 heteroatoms. The topological polar surface area (TPSA) is 64.7 Å². The smallest absolute Gasteiger partial charge is 0.254 e. The monoisotopic (exact) mass is 388 g/mol. The lowest BCUT2D eigenvalue weighted by Gasteiger charge is -2.32. The summed E-state index contributed by atoms with van der Waals surface area (Å²) in [6.45, 7) is 5.01. The van der Waals surface area contributed by atoms with E-state index in [-0.39, 0.29) is 30.4 Å². The molecule has 26 heavy (non-hydrogen) atoms. The van der Waals surface area contributed by atoms with E-state index in [0.29, 0.717) is 25.2 Å². The number of piperazine rings is 1. The van der Waals surface area contributed by atoms with Crippen LogP contribution in [0.1, 0.15) is 16.8 Å². The summed E-state index contributed by atoms with van der Waals surface area (Å²) in [6.07, 6.45) is 0.923. The maximum atomic E-state index is 13.6. The molecule has 1 atom stereocenters. The molecule has 0 aromatic heterocycles. The third kappa shape index (κ3) is 4.90. The van der Waals surface area contributed by atoms with E-state index in [4.69, 9.17) is 0 Å². The lowest BCUT2D eigenvalue weighted by molar-refractivity contribution is -0.129. The van der Waals surface area contributed by atoms with Crippen LogP contribution in [-0.4, -0.2) is 73.5 Å². The zero-order valence-corrected chi connectivity index (χ0v) is 15.2. The van der Waals surface area contributed by atoms with Crippen molar-refractivity contribution >= 4 is 24.2 Å². The summed E-state index contributed by atoms with van der Waals surface area (Å²) < 4.78 is 26.5. The summed E-state index contributed by atoms with van der Waals surface area (Å²) in [6, 6.07) is 3.09. The van der Waals surface area contributed by atoms with Crippen molar-refractivity contribution < 1.29 is 18.4 Å². The maximum absolute atomic E-state index is 13.6. The van der Waals surface area contributed by atoms with Gasteiger partial charge in [0, 0.05) is 51.4 Å². The van der Waals surface area contributed by atoms with Gasteiger partial charge in [0.05, 0.1) is 12.1 Å². The predicted molar refractivity (Wildman–Crippen MR) is 95.4 cm³/mol. The Kier molecular flexibility index (Phi) is 7.31. The van der Waals surface area contributed by atoms with E-state index in [1.807, 2.05) is 0 Å². The molecule has 1 aromatic rings. The summed E-state index contributed by atoms with van der Waals surface area (Å²) in [5.41, 5.74) is -0.269. The Morgan fingerprint density at radius 2 is 1.92 bits per heavy atom. The molecule has 2 aliphatic heterocycles. The van der Waals surface area contributed by atoms with Gasteiger partial charge in [-0.15, -0.1) is 12.4 Å². The van der Waals surface area contributed by atoms with Gasteiger partial charge in [-0.05, 0) is 18.6 Å². The molecule has 0 aliphatic carbocycles. The van der Waals surface area contributed by atoms with Crippen LogP contribution in [0.2, 0.25) is 0 Å². The van der Waals surface area contributed by atoms with Gasteiger partial charge in [-0.2, -0.15) is 0 Å². The minimum Gasteiger partial charge on any atom is -0.343 e. The van der Waals surface area contributed by atoms with Gasteiger partial charge in [-0.25, -0.2) is 8.78 Å². The van der Waals surface area contributed by atoms with Crippen molar-refractivity contribution in [1.82, 2.24) is 20.4 Å². The van der Waals surface area contributed by atoms with Crippen molar-refractivity contribution in [3.05, 3.63) is 35.4 Å². The highest BCUT2D eigenvalue weighted by Crippen LogP contribution is 2.16. The molecule has 144 valence electrons. The average molecular weight is 389 g/mol. The predicted octanol–water partition coefficient (Wildman–Crippen LogP) is 0.623. The lowest BCUT2D eigenvalue weighted by Crippen LogP contribution is -2.49. The first kappa shape index (κ1) is 20.5. The zero-order chi connectivity index (χ0) is 17.8. The first-order valence-electron chi connectivity index (χ1n) is 8.50. The van der Waals surface area contributed by atoms with Crippen molar-refractivity contribution in [1.29, 1.82) is 0 Å². The number of benzene rings is 1. The van der Waals surface area contributed by atoms with E-state index >= 15 is 0 Å². The number of halogens is 3. The first-order chi connectivity index (χ1) is 12.0. The fraction of sp³-hybridized carbons (Fsp3) is 0.529. The summed E-state index contributed by atoms with van der Waals surface area (Å²) in [7, 11) is 0. The molecular formula is C17H23ClF2N4O2. The minimum atomic E-state index is -0.940. The number of nitrogens with zero attached hydrogens (tertiary/aromatic N) is 2. The van der Waals surface area contributed by atoms with Crippen LogP contribution in [0, 0.1) is 11.6 Å². The van der Waals surface area contributed by atoms with Crippen molar-refractivity contribution in [2.24, 2.45) is 0 Å². The highest BCUT2D eigenvalue weighted by molar-refractivity contribution is 5.96. The quantitative estimate of drug-likeness (QED) is 0.794. The lowest BCUT2D eigenvalue weighted by atomic mass is 10.2. The Bertz CT molecular complexity index is 656. The number of hydrogen-bond acceptors (Lipinski definition) is 4. The molecule has 1 aromatic carbocycles. The van der Waals surface area contributed by atoms with Crippen LogP contribution in [0.15, 0.2) is 18.2 Å². The Hall–Kier alpha value is -1.77. The van der Waals surface area contributed by atoms with Crippen LogP contribution in [0.5, 0.6) is 0 Å². The Balaban J connectivity index is 0.00000243. The van der Waals surface area contributed by atoms with Crippen molar-refractivity contribution in [3.63, 3.8) is 0 Å². The molecule has 2 N–H and O–H groups in total. The Morgan fingerprint density at radius 3 is 2.62 bits per heavy atom. The number of carbonyl (C=O) groups is 2. The van der Waals surface area contributed by atoms with Crippen molar-refractivity contribution in [3.8, 4) is 0 Å². The number of likely N-dealkylation sites (tertiary alicyclic amines) is 1. The molecular weight excluding hydrogens is 366 g/mol. The fourth-order valence-corrected chi connectivity index (χ4v) is 3.35. The molecule has 0 radical (unpaired) electrons. The summed E-state index contributed by atoms with van der Waals surface area (Å²) >= 11 is 0. The second-order valence-corrected chi connectivity index (χ2v) is 6.38. The van der Waals surface area contributed by atoms with Gasteiger partial charge in [0.15, 0.2) is 0 Å². The molecule has 2 amide bonds. The molecule has 2 saturated heterocycles. The van der Waals surface area contributed by atoms with Gasteiger partial charge in [0.1, 0.15) is 11.6 Å². The van der Waals surface area contributed by atoms with E-state index in [9.17, 15) is 18.4 Å². The molecule has 6 nitrogen and oxygen atoms in total. The number of amides is 2. The van der Waals surface area contributed by atoms with E-state index in [2.05, 4.69) is 15.5 Å². The molecule has 2 fully saturated rings. The van der Waals surface area contributed by atoms with Crippen molar-refractivity contribution in [2.45, 2.75) is 12.5 Å². The number of hydrogen-bond donors (Lipinski definition) is 2. The highest BCUT2D eigenvalue weighted by atomic mass is 35.5. The van der Waals surface area contributed by atoms with Crippen LogP contribution in [0.4, 0.5) is 8.78 Å². The molecule has 1 unspecified atom stereocenters. The van der Waals surface area contributed by atoms with Gasteiger partial charge >= 0.3 is 0 Å². The van der Waals surface area contributed by atoms with E-state index < -0.39 is 17.5 Å². The second-order valence-electron chi connectivity index (χ2n) is 6.38. The maximum Gasteiger partial charge on any atom is 0.254 e. The fourth-order valence-electron chi connectivity index (χ4n) is 3.35. The average Bonchev–Trinajstić information content (AvgIpc) is 3.10. The third-order valence-corrected chi connectivity index (χ3v) is 4.76. The summed E-state index contributed by atoms with van der Waals surface area (Å²) in [4.78, 5) is 28.3. The van der Waals surface area contributed by atoms with E-state index in [1.165, 1.54) is 0 Å². The largest absolute Gasteiger partial charge is 0.343 e. The first-order valence-corrected chi connectivity index (χ1v) is 8.50. The molecule has 2 aliphatic rings.